The summed E-state index contributed by atoms with van der Waals surface area (Å²) >= 11 is 0. The van der Waals surface area contributed by atoms with Crippen molar-refractivity contribution in [2.45, 2.75) is 13.0 Å². The molecular formula is C20H23N3O4. The third kappa shape index (κ3) is 4.98. The van der Waals surface area contributed by atoms with Crippen LogP contribution in [0.1, 0.15) is 17.2 Å². The van der Waals surface area contributed by atoms with E-state index in [1.807, 2.05) is 37.3 Å². The predicted molar refractivity (Wildman–Crippen MR) is 102 cm³/mol. The van der Waals surface area contributed by atoms with Gasteiger partial charge >= 0.3 is 6.03 Å². The topological polar surface area (TPSA) is 93.9 Å². The van der Waals surface area contributed by atoms with Gasteiger partial charge in [-0.3, -0.25) is 4.79 Å². The van der Waals surface area contributed by atoms with Crippen LogP contribution in [0.4, 0.5) is 10.5 Å². The molecule has 1 aliphatic rings. The lowest BCUT2D eigenvalue weighted by atomic mass is 10.1. The predicted octanol–water partition coefficient (Wildman–Crippen LogP) is 2.46. The van der Waals surface area contributed by atoms with E-state index in [2.05, 4.69) is 5.32 Å². The second-order valence-corrected chi connectivity index (χ2v) is 6.38. The van der Waals surface area contributed by atoms with Crippen molar-refractivity contribution in [1.29, 1.82) is 0 Å². The van der Waals surface area contributed by atoms with Gasteiger partial charge in [0.25, 0.3) is 5.91 Å². The van der Waals surface area contributed by atoms with Crippen molar-refractivity contribution in [1.82, 2.24) is 4.90 Å². The van der Waals surface area contributed by atoms with Crippen LogP contribution in [0.15, 0.2) is 48.5 Å². The van der Waals surface area contributed by atoms with E-state index in [-0.39, 0.29) is 18.7 Å². The Morgan fingerprint density at radius 3 is 2.74 bits per heavy atom. The second-order valence-electron chi connectivity index (χ2n) is 6.38. The number of hydrogen-bond acceptors (Lipinski definition) is 4. The molecule has 1 unspecified atom stereocenters. The number of benzene rings is 2. The molecule has 7 nitrogen and oxygen atoms in total. The molecule has 1 saturated heterocycles. The number of hydrogen-bond donors (Lipinski definition) is 2. The first-order valence-corrected chi connectivity index (χ1v) is 8.77. The Morgan fingerprint density at radius 1 is 1.26 bits per heavy atom. The highest BCUT2D eigenvalue weighted by molar-refractivity contribution is 5.90. The van der Waals surface area contributed by atoms with Crippen LogP contribution in [0.2, 0.25) is 0 Å². The summed E-state index contributed by atoms with van der Waals surface area (Å²) in [5, 5.41) is 2.93. The number of primary amides is 1. The van der Waals surface area contributed by atoms with Crippen LogP contribution in [0.25, 0.3) is 0 Å². The summed E-state index contributed by atoms with van der Waals surface area (Å²) in [6.07, 6.45) is -0.128. The van der Waals surface area contributed by atoms with E-state index in [4.69, 9.17) is 15.2 Å². The maximum atomic E-state index is 12.7. The highest BCUT2D eigenvalue weighted by atomic mass is 16.5. The monoisotopic (exact) mass is 369 g/mol. The first-order valence-electron chi connectivity index (χ1n) is 8.77. The third-order valence-corrected chi connectivity index (χ3v) is 4.35. The van der Waals surface area contributed by atoms with Gasteiger partial charge in [0, 0.05) is 12.2 Å². The standard InChI is InChI=1S/C20H23N3O4/c1-14-11-16(27-13-19(21)24)7-8-17(14)22-20(25)23-9-10-26-18(12-23)15-5-3-2-4-6-15/h2-8,11,18H,9-10,12-13H2,1H3,(H2,21,24)(H,22,25). The molecule has 3 rings (SSSR count). The number of amides is 3. The number of urea groups is 1. The number of morpholine rings is 1. The minimum Gasteiger partial charge on any atom is -0.484 e. The number of carbonyl (C=O) groups is 2. The Labute approximate surface area is 158 Å². The molecular weight excluding hydrogens is 346 g/mol. The summed E-state index contributed by atoms with van der Waals surface area (Å²) < 4.78 is 11.1. The zero-order valence-electron chi connectivity index (χ0n) is 15.2. The number of nitrogens with two attached hydrogens (primary N) is 1. The van der Waals surface area contributed by atoms with Gasteiger partial charge in [0.1, 0.15) is 11.9 Å². The highest BCUT2D eigenvalue weighted by Crippen LogP contribution is 2.24. The lowest BCUT2D eigenvalue weighted by molar-refractivity contribution is -0.119. The van der Waals surface area contributed by atoms with Gasteiger partial charge < -0.3 is 25.4 Å². The summed E-state index contributed by atoms with van der Waals surface area (Å²) in [5.41, 5.74) is 7.65. The quantitative estimate of drug-likeness (QED) is 0.847. The Bertz CT molecular complexity index is 810. The van der Waals surface area contributed by atoms with Gasteiger partial charge in [-0.1, -0.05) is 30.3 Å². The molecule has 27 heavy (non-hydrogen) atoms. The summed E-state index contributed by atoms with van der Waals surface area (Å²) in [5.74, 6) is -0.00914. The van der Waals surface area contributed by atoms with Gasteiger partial charge in [-0.25, -0.2) is 4.79 Å². The molecule has 0 aliphatic carbocycles. The number of ether oxygens (including phenoxy) is 2. The molecule has 1 heterocycles. The van der Waals surface area contributed by atoms with Gasteiger partial charge in [0.15, 0.2) is 6.61 Å². The molecule has 0 aromatic heterocycles. The Hall–Kier alpha value is -3.06. The first-order chi connectivity index (χ1) is 13.0. The molecule has 0 spiro atoms. The number of anilines is 1. The van der Waals surface area contributed by atoms with Crippen molar-refractivity contribution in [2.75, 3.05) is 31.6 Å². The zero-order valence-corrected chi connectivity index (χ0v) is 15.2. The lowest BCUT2D eigenvalue weighted by Gasteiger charge is -2.33. The number of carbonyl (C=O) groups excluding carboxylic acids is 2. The van der Waals surface area contributed by atoms with Crippen LogP contribution in [0, 0.1) is 6.92 Å². The minimum absolute atomic E-state index is 0.128. The highest BCUT2D eigenvalue weighted by Gasteiger charge is 2.25. The van der Waals surface area contributed by atoms with Crippen molar-refractivity contribution in [3.63, 3.8) is 0 Å². The Kier molecular flexibility index (Phi) is 5.93. The van der Waals surface area contributed by atoms with Crippen molar-refractivity contribution in [3.8, 4) is 5.75 Å². The maximum Gasteiger partial charge on any atom is 0.322 e. The lowest BCUT2D eigenvalue weighted by Crippen LogP contribution is -2.44. The molecule has 0 saturated carbocycles. The van der Waals surface area contributed by atoms with Crippen molar-refractivity contribution in [2.24, 2.45) is 5.73 Å². The summed E-state index contributed by atoms with van der Waals surface area (Å²) in [4.78, 5) is 25.2. The molecule has 142 valence electrons. The third-order valence-electron chi connectivity index (χ3n) is 4.35. The largest absolute Gasteiger partial charge is 0.484 e. The van der Waals surface area contributed by atoms with Gasteiger partial charge in [0.2, 0.25) is 0 Å². The normalized spacial score (nSPS) is 16.6. The van der Waals surface area contributed by atoms with E-state index < -0.39 is 5.91 Å². The van der Waals surface area contributed by atoms with Crippen molar-refractivity contribution >= 4 is 17.6 Å². The van der Waals surface area contributed by atoms with E-state index >= 15 is 0 Å². The van der Waals surface area contributed by atoms with Crippen LogP contribution in [-0.4, -0.2) is 43.1 Å². The van der Waals surface area contributed by atoms with E-state index in [0.29, 0.717) is 31.1 Å². The summed E-state index contributed by atoms with van der Waals surface area (Å²) in [6, 6.07) is 14.9. The van der Waals surface area contributed by atoms with Crippen LogP contribution >= 0.6 is 0 Å². The minimum atomic E-state index is -0.537. The molecule has 2 aromatic carbocycles. The number of nitrogens with zero attached hydrogens (tertiary/aromatic N) is 1. The van der Waals surface area contributed by atoms with Crippen LogP contribution < -0.4 is 15.8 Å². The second kappa shape index (κ2) is 8.55. The smallest absolute Gasteiger partial charge is 0.322 e. The number of rotatable bonds is 5. The van der Waals surface area contributed by atoms with E-state index in [1.54, 1.807) is 23.1 Å². The van der Waals surface area contributed by atoms with Gasteiger partial charge in [-0.05, 0) is 36.2 Å². The summed E-state index contributed by atoms with van der Waals surface area (Å²) in [6.45, 7) is 3.20. The SMILES string of the molecule is Cc1cc(OCC(N)=O)ccc1NC(=O)N1CCOC(c2ccccc2)C1. The zero-order chi connectivity index (χ0) is 19.2. The Morgan fingerprint density at radius 2 is 2.04 bits per heavy atom. The average molecular weight is 369 g/mol. The maximum absolute atomic E-state index is 12.7. The number of nitrogens with one attached hydrogen (secondary N) is 1. The molecule has 3 N–H and O–H groups in total. The molecule has 3 amide bonds. The molecule has 1 fully saturated rings. The molecule has 7 heteroatoms. The fourth-order valence-electron chi connectivity index (χ4n) is 2.92. The van der Waals surface area contributed by atoms with E-state index in [1.165, 1.54) is 0 Å². The molecule has 1 atom stereocenters. The molecule has 2 aromatic rings. The molecule has 0 radical (unpaired) electrons. The van der Waals surface area contributed by atoms with Crippen LogP contribution in [-0.2, 0) is 9.53 Å². The van der Waals surface area contributed by atoms with Crippen LogP contribution in [0.5, 0.6) is 5.75 Å². The Balaban J connectivity index is 1.62. The van der Waals surface area contributed by atoms with E-state index in [9.17, 15) is 9.59 Å². The summed E-state index contributed by atoms with van der Waals surface area (Å²) in [7, 11) is 0. The fourth-order valence-corrected chi connectivity index (χ4v) is 2.92. The fraction of sp³-hybridized carbons (Fsp3) is 0.300. The van der Waals surface area contributed by atoms with E-state index in [0.717, 1.165) is 11.1 Å². The first kappa shape index (κ1) is 18.7. The molecule has 1 aliphatic heterocycles. The van der Waals surface area contributed by atoms with Gasteiger partial charge in [-0.15, -0.1) is 0 Å². The average Bonchev–Trinajstić information content (AvgIpc) is 2.69. The van der Waals surface area contributed by atoms with Gasteiger partial charge in [0.05, 0.1) is 13.2 Å². The number of aryl methyl sites for hydroxylation is 1. The van der Waals surface area contributed by atoms with Gasteiger partial charge in [-0.2, -0.15) is 0 Å². The molecule has 0 bridgehead atoms. The van der Waals surface area contributed by atoms with Crippen molar-refractivity contribution < 1.29 is 19.1 Å². The van der Waals surface area contributed by atoms with Crippen molar-refractivity contribution in [3.05, 3.63) is 59.7 Å². The van der Waals surface area contributed by atoms with Crippen LogP contribution in [0.3, 0.4) is 0 Å².